The lowest BCUT2D eigenvalue weighted by atomic mass is 9.85. The smallest absolute Gasteiger partial charge is 0.161 e. The number of aromatic hydroxyl groups is 1. The third-order valence-corrected chi connectivity index (χ3v) is 5.35. The van der Waals surface area contributed by atoms with Crippen LogP contribution in [0.4, 0.5) is 0 Å². The van der Waals surface area contributed by atoms with Gasteiger partial charge < -0.3 is 24.1 Å². The normalized spacial score (nSPS) is 25.1. The van der Waals surface area contributed by atoms with Crippen molar-refractivity contribution in [3.05, 3.63) is 47.5 Å². The van der Waals surface area contributed by atoms with Gasteiger partial charge in [0.1, 0.15) is 0 Å². The number of rotatable bonds is 5. The molecule has 1 N–H and O–H groups in total. The molecule has 0 amide bonds. The van der Waals surface area contributed by atoms with Crippen molar-refractivity contribution in [2.24, 2.45) is 11.8 Å². The van der Waals surface area contributed by atoms with E-state index in [-0.39, 0.29) is 18.0 Å². The molecule has 4 atom stereocenters. The molecule has 1 heterocycles. The van der Waals surface area contributed by atoms with Crippen molar-refractivity contribution in [1.82, 2.24) is 0 Å². The van der Waals surface area contributed by atoms with E-state index in [0.29, 0.717) is 29.1 Å². The summed E-state index contributed by atoms with van der Waals surface area (Å²) >= 11 is 0. The monoisotopic (exact) mass is 358 g/mol. The van der Waals surface area contributed by atoms with E-state index in [1.807, 2.05) is 30.3 Å². The van der Waals surface area contributed by atoms with E-state index in [4.69, 9.17) is 18.9 Å². The fourth-order valence-corrected chi connectivity index (χ4v) is 3.62. The minimum absolute atomic E-state index is 0.0467. The number of hydrogen-bond acceptors (Lipinski definition) is 5. The lowest BCUT2D eigenvalue weighted by Gasteiger charge is -2.18. The second kappa shape index (κ2) is 7.46. The van der Waals surface area contributed by atoms with Crippen LogP contribution in [-0.2, 0) is 4.74 Å². The van der Waals surface area contributed by atoms with Crippen LogP contribution in [0.3, 0.4) is 0 Å². The number of ether oxygens (including phenoxy) is 4. The third kappa shape index (κ3) is 3.19. The summed E-state index contributed by atoms with van der Waals surface area (Å²) in [7, 11) is 4.81. The maximum atomic E-state index is 9.84. The van der Waals surface area contributed by atoms with Crippen LogP contribution >= 0.6 is 0 Å². The van der Waals surface area contributed by atoms with Gasteiger partial charge in [-0.15, -0.1) is 0 Å². The molecule has 5 heteroatoms. The van der Waals surface area contributed by atoms with Gasteiger partial charge in [-0.2, -0.15) is 0 Å². The molecule has 1 fully saturated rings. The average molecular weight is 358 g/mol. The Kier molecular flexibility index (Phi) is 5.28. The predicted octanol–water partition coefficient (Wildman–Crippen LogP) is 4.50. The van der Waals surface area contributed by atoms with Crippen molar-refractivity contribution in [2.45, 2.75) is 26.1 Å². The first kappa shape index (κ1) is 18.4. The predicted molar refractivity (Wildman–Crippen MR) is 99.1 cm³/mol. The van der Waals surface area contributed by atoms with Crippen molar-refractivity contribution in [3.63, 3.8) is 0 Å². The lowest BCUT2D eigenvalue weighted by Crippen LogP contribution is -2.10. The van der Waals surface area contributed by atoms with Crippen LogP contribution in [0.25, 0.3) is 0 Å². The highest BCUT2D eigenvalue weighted by atomic mass is 16.5. The summed E-state index contributed by atoms with van der Waals surface area (Å²) in [5, 5.41) is 9.84. The van der Waals surface area contributed by atoms with Crippen LogP contribution in [0, 0.1) is 11.8 Å². The Bertz CT molecular complexity index is 773. The molecule has 0 saturated carbocycles. The molecule has 2 aromatic rings. The highest BCUT2D eigenvalue weighted by Crippen LogP contribution is 2.50. The van der Waals surface area contributed by atoms with Gasteiger partial charge >= 0.3 is 0 Å². The van der Waals surface area contributed by atoms with E-state index in [2.05, 4.69) is 13.8 Å². The molecular formula is C21H26O5. The molecule has 1 saturated heterocycles. The topological polar surface area (TPSA) is 57.2 Å². The minimum atomic E-state index is -0.0717. The molecule has 0 bridgehead atoms. The molecule has 0 radical (unpaired) electrons. The molecule has 1 aliphatic rings. The van der Waals surface area contributed by atoms with Gasteiger partial charge in [-0.1, -0.05) is 26.0 Å². The lowest BCUT2D eigenvalue weighted by molar-refractivity contribution is 0.0288. The van der Waals surface area contributed by atoms with Crippen molar-refractivity contribution < 1.29 is 24.1 Å². The van der Waals surface area contributed by atoms with E-state index < -0.39 is 0 Å². The standard InChI is InChI=1S/C21H26O5/c1-12-13(2)21(15-7-9-17(23-3)19(11-15)25-5)26-20(12)14-6-8-16(22)18(10-14)24-4/h6-13,20-22H,1-5H3/t12-,13-,20+,21-/m1/s1. The number of methoxy groups -OCH3 is 3. The molecule has 0 aromatic heterocycles. The first-order valence-electron chi connectivity index (χ1n) is 8.74. The van der Waals surface area contributed by atoms with Crippen LogP contribution in [0.2, 0.25) is 0 Å². The minimum Gasteiger partial charge on any atom is -0.504 e. The maximum Gasteiger partial charge on any atom is 0.161 e. The Balaban J connectivity index is 1.90. The fourth-order valence-electron chi connectivity index (χ4n) is 3.62. The summed E-state index contributed by atoms with van der Waals surface area (Å²) in [5.74, 6) is 2.62. The maximum absolute atomic E-state index is 9.84. The number of phenols is 1. The first-order chi connectivity index (χ1) is 12.5. The average Bonchev–Trinajstić information content (AvgIpc) is 2.96. The van der Waals surface area contributed by atoms with Crippen LogP contribution in [0.5, 0.6) is 23.0 Å². The summed E-state index contributed by atoms with van der Waals surface area (Å²) in [6, 6.07) is 11.3. The Morgan fingerprint density at radius 3 is 1.77 bits per heavy atom. The molecule has 26 heavy (non-hydrogen) atoms. The Morgan fingerprint density at radius 2 is 1.23 bits per heavy atom. The van der Waals surface area contributed by atoms with Gasteiger partial charge in [0.25, 0.3) is 0 Å². The highest BCUT2D eigenvalue weighted by molar-refractivity contribution is 5.45. The second-order valence-corrected chi connectivity index (χ2v) is 6.74. The number of phenolic OH excluding ortho intramolecular Hbond substituents is 1. The van der Waals surface area contributed by atoms with Gasteiger partial charge in [-0.3, -0.25) is 0 Å². The van der Waals surface area contributed by atoms with E-state index in [1.54, 1.807) is 27.4 Å². The Labute approximate surface area is 154 Å². The summed E-state index contributed by atoms with van der Waals surface area (Å²) in [6.07, 6.45) is -0.118. The van der Waals surface area contributed by atoms with Gasteiger partial charge in [0.2, 0.25) is 0 Å². The third-order valence-electron chi connectivity index (χ3n) is 5.35. The highest BCUT2D eigenvalue weighted by Gasteiger charge is 2.41. The van der Waals surface area contributed by atoms with Gasteiger partial charge in [0.05, 0.1) is 33.5 Å². The number of hydrogen-bond donors (Lipinski definition) is 1. The quantitative estimate of drug-likeness (QED) is 0.853. The van der Waals surface area contributed by atoms with E-state index in [0.717, 1.165) is 11.1 Å². The summed E-state index contributed by atoms with van der Waals surface area (Å²) in [4.78, 5) is 0. The SMILES string of the molecule is COc1cc([C@H]2O[C@@H](c3ccc(OC)c(OC)c3)[C@H](C)[C@H]2C)ccc1O. The van der Waals surface area contributed by atoms with Crippen molar-refractivity contribution >= 4 is 0 Å². The van der Waals surface area contributed by atoms with E-state index in [1.165, 1.54) is 0 Å². The van der Waals surface area contributed by atoms with Crippen molar-refractivity contribution in [2.75, 3.05) is 21.3 Å². The van der Waals surface area contributed by atoms with Gasteiger partial charge in [0, 0.05) is 0 Å². The van der Waals surface area contributed by atoms with Crippen LogP contribution in [0.15, 0.2) is 36.4 Å². The van der Waals surface area contributed by atoms with Gasteiger partial charge in [-0.05, 0) is 47.2 Å². The summed E-state index contributed by atoms with van der Waals surface area (Å²) < 4.78 is 22.4. The zero-order valence-corrected chi connectivity index (χ0v) is 15.9. The van der Waals surface area contributed by atoms with E-state index in [9.17, 15) is 5.11 Å². The number of benzene rings is 2. The zero-order valence-electron chi connectivity index (χ0n) is 15.9. The zero-order chi connectivity index (χ0) is 18.8. The van der Waals surface area contributed by atoms with Gasteiger partial charge in [-0.25, -0.2) is 0 Å². The van der Waals surface area contributed by atoms with Crippen LogP contribution < -0.4 is 14.2 Å². The fraction of sp³-hybridized carbons (Fsp3) is 0.429. The molecule has 3 rings (SSSR count). The second-order valence-electron chi connectivity index (χ2n) is 6.74. The van der Waals surface area contributed by atoms with Crippen LogP contribution in [-0.4, -0.2) is 26.4 Å². The molecule has 1 aliphatic heterocycles. The molecule has 5 nitrogen and oxygen atoms in total. The van der Waals surface area contributed by atoms with Crippen molar-refractivity contribution in [1.29, 1.82) is 0 Å². The molecule has 0 aliphatic carbocycles. The van der Waals surface area contributed by atoms with Gasteiger partial charge in [0.15, 0.2) is 23.0 Å². The first-order valence-corrected chi connectivity index (χ1v) is 8.74. The summed E-state index contributed by atoms with van der Waals surface area (Å²) in [5.41, 5.74) is 2.07. The van der Waals surface area contributed by atoms with Crippen LogP contribution in [0.1, 0.15) is 37.2 Å². The molecule has 140 valence electrons. The molecule has 0 spiro atoms. The van der Waals surface area contributed by atoms with Crippen molar-refractivity contribution in [3.8, 4) is 23.0 Å². The molecular weight excluding hydrogens is 332 g/mol. The molecule has 0 unspecified atom stereocenters. The van der Waals surface area contributed by atoms with E-state index >= 15 is 0 Å². The Morgan fingerprint density at radius 1 is 0.731 bits per heavy atom. The summed E-state index contributed by atoms with van der Waals surface area (Å²) in [6.45, 7) is 4.39. The largest absolute Gasteiger partial charge is 0.504 e. The molecule has 2 aromatic carbocycles. The Hall–Kier alpha value is -2.40.